The van der Waals surface area contributed by atoms with Gasteiger partial charge in [-0.15, -0.1) is 0 Å². The Morgan fingerprint density at radius 2 is 1.73 bits per heavy atom. The third-order valence-electron chi connectivity index (χ3n) is 8.09. The number of fused-ring (bicyclic) bond motifs is 2. The first-order valence-corrected chi connectivity index (χ1v) is 13.3. The fourth-order valence-electron chi connectivity index (χ4n) is 6.39. The molecule has 8 nitrogen and oxygen atoms in total. The van der Waals surface area contributed by atoms with Crippen LogP contribution in [-0.4, -0.2) is 82.2 Å². The van der Waals surface area contributed by atoms with E-state index in [1.807, 2.05) is 75.4 Å². The zero-order valence-corrected chi connectivity index (χ0v) is 21.9. The lowest BCUT2D eigenvalue weighted by molar-refractivity contribution is -0.150. The molecule has 0 aromatic heterocycles. The fraction of sp³-hybridized carbons (Fsp3) is 0.552. The second-order valence-electron chi connectivity index (χ2n) is 11.4. The minimum atomic E-state index is -1.21. The third-order valence-corrected chi connectivity index (χ3v) is 8.09. The van der Waals surface area contributed by atoms with E-state index >= 15 is 0 Å². The first kappa shape index (κ1) is 25.7. The topological polar surface area (TPSA) is 90.4 Å². The van der Waals surface area contributed by atoms with Gasteiger partial charge in [0.2, 0.25) is 17.7 Å². The molecule has 1 aromatic rings. The molecule has 4 aliphatic heterocycles. The number of likely N-dealkylation sites (tertiary alicyclic amines) is 1. The maximum Gasteiger partial charge on any atom is 0.249 e. The molecule has 8 heteroatoms. The molecule has 2 fully saturated rings. The number of carbonyl (C=O) groups excluding carboxylic acids is 3. The van der Waals surface area contributed by atoms with E-state index in [1.165, 1.54) is 0 Å². The van der Waals surface area contributed by atoms with Gasteiger partial charge in [0.1, 0.15) is 11.6 Å². The minimum Gasteiger partial charge on any atom is -0.396 e. The molecule has 4 heterocycles. The molecule has 0 radical (unpaired) electrons. The number of aliphatic hydroxyl groups is 1. The van der Waals surface area contributed by atoms with E-state index < -0.39 is 35.1 Å². The van der Waals surface area contributed by atoms with Crippen molar-refractivity contribution in [1.82, 2.24) is 9.80 Å². The van der Waals surface area contributed by atoms with Crippen molar-refractivity contribution in [3.63, 3.8) is 0 Å². The largest absolute Gasteiger partial charge is 0.396 e. The number of amides is 3. The van der Waals surface area contributed by atoms with Crippen LogP contribution in [-0.2, 0) is 19.1 Å². The molecular formula is C29H37N3O5. The van der Waals surface area contributed by atoms with Crippen molar-refractivity contribution >= 4 is 23.4 Å². The van der Waals surface area contributed by atoms with E-state index in [0.29, 0.717) is 32.5 Å². The summed E-state index contributed by atoms with van der Waals surface area (Å²) in [5, 5.41) is 9.22. The molecule has 3 amide bonds. The Labute approximate surface area is 218 Å². The predicted octanol–water partition coefficient (Wildman–Crippen LogP) is 2.53. The van der Waals surface area contributed by atoms with Gasteiger partial charge in [0.25, 0.3) is 0 Å². The smallest absolute Gasteiger partial charge is 0.249 e. The van der Waals surface area contributed by atoms with Crippen molar-refractivity contribution in [3.8, 4) is 0 Å². The molecule has 5 atom stereocenters. The van der Waals surface area contributed by atoms with Gasteiger partial charge in [0.15, 0.2) is 0 Å². The SMILES string of the molecule is CC(C)(C)N1CC=C[C@]23O[C@@H]4C=CCN(c5ccccc5)C(=O)[C@@H]4[C@H]2C(=O)N(CCCCCO)C3C1=O. The summed E-state index contributed by atoms with van der Waals surface area (Å²) >= 11 is 0. The first-order chi connectivity index (χ1) is 17.7. The van der Waals surface area contributed by atoms with Crippen LogP contribution in [0.4, 0.5) is 5.69 Å². The lowest BCUT2D eigenvalue weighted by Crippen LogP contribution is -2.58. The summed E-state index contributed by atoms with van der Waals surface area (Å²) in [7, 11) is 0. The molecule has 1 spiro atoms. The number of benzene rings is 1. The van der Waals surface area contributed by atoms with Crippen molar-refractivity contribution in [1.29, 1.82) is 0 Å². The number of ether oxygens (including phenoxy) is 1. The van der Waals surface area contributed by atoms with Crippen LogP contribution in [0, 0.1) is 11.8 Å². The minimum absolute atomic E-state index is 0.0897. The zero-order chi connectivity index (χ0) is 26.4. The number of aliphatic hydroxyl groups excluding tert-OH is 1. The Morgan fingerprint density at radius 1 is 0.973 bits per heavy atom. The van der Waals surface area contributed by atoms with Crippen molar-refractivity contribution in [3.05, 3.63) is 54.6 Å². The van der Waals surface area contributed by atoms with Crippen LogP contribution in [0.5, 0.6) is 0 Å². The van der Waals surface area contributed by atoms with E-state index in [1.54, 1.807) is 14.7 Å². The average molecular weight is 508 g/mol. The molecule has 0 aliphatic carbocycles. The summed E-state index contributed by atoms with van der Waals surface area (Å²) in [6.45, 7) is 7.24. The van der Waals surface area contributed by atoms with Crippen LogP contribution < -0.4 is 4.90 Å². The highest BCUT2D eigenvalue weighted by Gasteiger charge is 2.72. The first-order valence-electron chi connectivity index (χ1n) is 13.3. The fourth-order valence-corrected chi connectivity index (χ4v) is 6.39. The van der Waals surface area contributed by atoms with E-state index in [0.717, 1.165) is 12.1 Å². The summed E-state index contributed by atoms with van der Waals surface area (Å²) in [6, 6.07) is 8.62. The van der Waals surface area contributed by atoms with E-state index in [-0.39, 0.29) is 24.3 Å². The van der Waals surface area contributed by atoms with Gasteiger partial charge < -0.3 is 24.5 Å². The highest BCUT2D eigenvalue weighted by Crippen LogP contribution is 2.54. The van der Waals surface area contributed by atoms with Crippen molar-refractivity contribution in [2.24, 2.45) is 11.8 Å². The number of para-hydroxylation sites is 1. The summed E-state index contributed by atoms with van der Waals surface area (Å²) in [4.78, 5) is 47.6. The van der Waals surface area contributed by atoms with Gasteiger partial charge in [-0.1, -0.05) is 42.5 Å². The van der Waals surface area contributed by atoms with Gasteiger partial charge in [-0.05, 0) is 52.2 Å². The molecule has 0 bridgehead atoms. The summed E-state index contributed by atoms with van der Waals surface area (Å²) in [5.41, 5.74) is -0.882. The second-order valence-corrected chi connectivity index (χ2v) is 11.4. The molecule has 37 heavy (non-hydrogen) atoms. The quantitative estimate of drug-likeness (QED) is 0.472. The summed E-state index contributed by atoms with van der Waals surface area (Å²) in [5.74, 6) is -2.03. The van der Waals surface area contributed by atoms with Crippen molar-refractivity contribution in [2.45, 2.75) is 63.3 Å². The van der Waals surface area contributed by atoms with Crippen LogP contribution in [0.15, 0.2) is 54.6 Å². The molecular weight excluding hydrogens is 470 g/mol. The number of rotatable bonds is 6. The predicted molar refractivity (Wildman–Crippen MR) is 140 cm³/mol. The van der Waals surface area contributed by atoms with Crippen molar-refractivity contribution in [2.75, 3.05) is 31.1 Å². The molecule has 4 aliphatic rings. The van der Waals surface area contributed by atoms with Crippen molar-refractivity contribution < 1.29 is 24.2 Å². The lowest BCUT2D eigenvalue weighted by Gasteiger charge is -2.40. The van der Waals surface area contributed by atoms with Gasteiger partial charge in [0, 0.05) is 37.5 Å². The second kappa shape index (κ2) is 9.72. The maximum atomic E-state index is 14.2. The number of carbonyl (C=O) groups is 3. The monoisotopic (exact) mass is 507 g/mol. The van der Waals surface area contributed by atoms with Gasteiger partial charge in [-0.2, -0.15) is 0 Å². The van der Waals surface area contributed by atoms with E-state index in [2.05, 4.69) is 0 Å². The van der Waals surface area contributed by atoms with Crippen LogP contribution in [0.25, 0.3) is 0 Å². The number of hydrogen-bond donors (Lipinski definition) is 1. The Bertz CT molecular complexity index is 1110. The Kier molecular flexibility index (Phi) is 6.75. The lowest BCUT2D eigenvalue weighted by atomic mass is 9.77. The van der Waals surface area contributed by atoms with Crippen LogP contribution in [0.3, 0.4) is 0 Å². The molecule has 0 saturated carbocycles. The standard InChI is InChI=1S/C29H37N3O5/c1-28(2,3)32-18-11-15-29-23(26(35)31(24(29)27(32)36)16-8-5-9-19-33)22-21(37-29)14-10-17-30(25(22)34)20-12-6-4-7-13-20/h4,6-7,10-15,21-24,33H,5,8-9,16-19H2,1-3H3/t21-,22+,23+,24?,29+/m1/s1. The van der Waals surface area contributed by atoms with Gasteiger partial charge in [0.05, 0.1) is 17.9 Å². The maximum absolute atomic E-state index is 14.2. The molecule has 1 unspecified atom stereocenters. The molecule has 1 aromatic carbocycles. The van der Waals surface area contributed by atoms with Gasteiger partial charge in [-0.3, -0.25) is 14.4 Å². The molecule has 198 valence electrons. The average Bonchev–Trinajstić information content (AvgIpc) is 3.16. The third kappa shape index (κ3) is 4.20. The molecule has 1 N–H and O–H groups in total. The highest BCUT2D eigenvalue weighted by molar-refractivity contribution is 6.03. The van der Waals surface area contributed by atoms with E-state index in [9.17, 15) is 19.5 Å². The number of nitrogens with zero attached hydrogens (tertiary/aromatic N) is 3. The summed E-state index contributed by atoms with van der Waals surface area (Å²) in [6.07, 6.45) is 9.08. The van der Waals surface area contributed by atoms with Gasteiger partial charge >= 0.3 is 0 Å². The normalized spacial score (nSPS) is 31.4. The summed E-state index contributed by atoms with van der Waals surface area (Å²) < 4.78 is 6.68. The molecule has 2 saturated heterocycles. The number of anilines is 1. The Balaban J connectivity index is 1.56. The Hall–Kier alpha value is -2.97. The van der Waals surface area contributed by atoms with E-state index in [4.69, 9.17) is 4.74 Å². The zero-order valence-electron chi connectivity index (χ0n) is 21.9. The van der Waals surface area contributed by atoms with Crippen LogP contribution >= 0.6 is 0 Å². The highest BCUT2D eigenvalue weighted by atomic mass is 16.5. The van der Waals surface area contributed by atoms with Crippen LogP contribution in [0.2, 0.25) is 0 Å². The van der Waals surface area contributed by atoms with Crippen LogP contribution in [0.1, 0.15) is 40.0 Å². The number of hydrogen-bond acceptors (Lipinski definition) is 5. The number of unbranched alkanes of at least 4 members (excludes halogenated alkanes) is 2. The molecule has 5 rings (SSSR count). The van der Waals surface area contributed by atoms with Gasteiger partial charge in [-0.25, -0.2) is 0 Å². The Morgan fingerprint density at radius 3 is 2.43 bits per heavy atom.